The summed E-state index contributed by atoms with van der Waals surface area (Å²) in [5.41, 5.74) is 5.96. The van der Waals surface area contributed by atoms with Crippen LogP contribution in [-0.2, 0) is 4.74 Å². The van der Waals surface area contributed by atoms with E-state index in [0.717, 1.165) is 32.0 Å². The third-order valence-electron chi connectivity index (χ3n) is 2.56. The Morgan fingerprint density at radius 3 is 2.50 bits per heavy atom. The molecule has 0 bridgehead atoms. The van der Waals surface area contributed by atoms with Crippen LogP contribution in [0.1, 0.15) is 26.7 Å². The van der Waals surface area contributed by atoms with Crippen molar-refractivity contribution >= 4 is 0 Å². The number of nitrogens with two attached hydrogens (primary N) is 1. The lowest BCUT2D eigenvalue weighted by Gasteiger charge is -2.23. The lowest BCUT2D eigenvalue weighted by molar-refractivity contribution is 0.177. The second-order valence-electron chi connectivity index (χ2n) is 4.28. The van der Waals surface area contributed by atoms with Gasteiger partial charge in [0.1, 0.15) is 0 Å². The van der Waals surface area contributed by atoms with Crippen molar-refractivity contribution < 1.29 is 4.74 Å². The van der Waals surface area contributed by atoms with Crippen LogP contribution in [0.4, 0.5) is 0 Å². The molecule has 0 saturated carbocycles. The minimum Gasteiger partial charge on any atom is -0.385 e. The fourth-order valence-corrected chi connectivity index (χ4v) is 1.50. The van der Waals surface area contributed by atoms with Crippen LogP contribution in [0.25, 0.3) is 0 Å². The van der Waals surface area contributed by atoms with E-state index in [1.54, 1.807) is 7.11 Å². The number of hydrogen-bond acceptors (Lipinski definition) is 3. The first-order valence-corrected chi connectivity index (χ1v) is 5.53. The molecule has 86 valence electrons. The molecule has 3 heteroatoms. The summed E-state index contributed by atoms with van der Waals surface area (Å²) >= 11 is 0. The van der Waals surface area contributed by atoms with Crippen LogP contribution in [0.3, 0.4) is 0 Å². The number of rotatable bonds is 8. The molecule has 0 rings (SSSR count). The lowest BCUT2D eigenvalue weighted by Crippen LogP contribution is -2.37. The monoisotopic (exact) mass is 202 g/mol. The third kappa shape index (κ3) is 7.30. The maximum atomic E-state index is 5.96. The Hall–Kier alpha value is -0.120. The molecule has 3 nitrogen and oxygen atoms in total. The van der Waals surface area contributed by atoms with Gasteiger partial charge in [0.2, 0.25) is 0 Å². The zero-order valence-electron chi connectivity index (χ0n) is 10.1. The molecule has 0 fully saturated rings. The van der Waals surface area contributed by atoms with Crippen molar-refractivity contribution in [3.63, 3.8) is 0 Å². The molecule has 0 aromatic rings. The molecular weight excluding hydrogens is 176 g/mol. The van der Waals surface area contributed by atoms with Gasteiger partial charge in [-0.3, -0.25) is 0 Å². The number of hydrogen-bond donors (Lipinski definition) is 1. The van der Waals surface area contributed by atoms with E-state index in [9.17, 15) is 0 Å². The molecule has 0 spiro atoms. The molecule has 2 atom stereocenters. The van der Waals surface area contributed by atoms with E-state index < -0.39 is 0 Å². The molecule has 0 aliphatic heterocycles. The summed E-state index contributed by atoms with van der Waals surface area (Å²) in [7, 11) is 3.86. The van der Waals surface area contributed by atoms with Gasteiger partial charge in [-0.1, -0.05) is 20.3 Å². The highest BCUT2D eigenvalue weighted by molar-refractivity contribution is 4.67. The van der Waals surface area contributed by atoms with Crippen LogP contribution in [0.15, 0.2) is 0 Å². The highest BCUT2D eigenvalue weighted by Crippen LogP contribution is 2.03. The van der Waals surface area contributed by atoms with Crippen molar-refractivity contribution in [1.82, 2.24) is 4.90 Å². The minimum absolute atomic E-state index is 0.240. The van der Waals surface area contributed by atoms with Crippen LogP contribution in [-0.4, -0.2) is 44.8 Å². The van der Waals surface area contributed by atoms with Crippen molar-refractivity contribution in [2.24, 2.45) is 11.7 Å². The van der Waals surface area contributed by atoms with Crippen LogP contribution in [0, 0.1) is 5.92 Å². The van der Waals surface area contributed by atoms with E-state index in [4.69, 9.17) is 10.5 Å². The summed E-state index contributed by atoms with van der Waals surface area (Å²) in [6.45, 7) is 7.36. The highest BCUT2D eigenvalue weighted by Gasteiger charge is 2.08. The van der Waals surface area contributed by atoms with Gasteiger partial charge in [0, 0.05) is 32.8 Å². The SMILES string of the molecule is CCC(C)CN(C)CC(N)CCOC. The van der Waals surface area contributed by atoms with Crippen molar-refractivity contribution in [1.29, 1.82) is 0 Å². The minimum atomic E-state index is 0.240. The molecule has 0 amide bonds. The Labute approximate surface area is 88.6 Å². The number of methoxy groups -OCH3 is 1. The van der Waals surface area contributed by atoms with E-state index in [0.29, 0.717) is 0 Å². The van der Waals surface area contributed by atoms with E-state index in [-0.39, 0.29) is 6.04 Å². The largest absolute Gasteiger partial charge is 0.385 e. The summed E-state index contributed by atoms with van der Waals surface area (Å²) < 4.78 is 5.00. The third-order valence-corrected chi connectivity index (χ3v) is 2.56. The summed E-state index contributed by atoms with van der Waals surface area (Å²) in [4.78, 5) is 2.31. The van der Waals surface area contributed by atoms with E-state index in [2.05, 4.69) is 25.8 Å². The maximum Gasteiger partial charge on any atom is 0.0477 e. The summed E-state index contributed by atoms with van der Waals surface area (Å²) in [5.74, 6) is 0.759. The van der Waals surface area contributed by atoms with Crippen molar-refractivity contribution in [3.8, 4) is 0 Å². The Bertz CT molecular complexity index is 130. The Morgan fingerprint density at radius 2 is 2.00 bits per heavy atom. The van der Waals surface area contributed by atoms with Gasteiger partial charge in [0.15, 0.2) is 0 Å². The molecule has 0 aliphatic carbocycles. The average molecular weight is 202 g/mol. The fraction of sp³-hybridized carbons (Fsp3) is 1.00. The number of likely N-dealkylation sites (N-methyl/N-ethyl adjacent to an activating group) is 1. The first kappa shape index (κ1) is 13.9. The molecule has 2 unspecified atom stereocenters. The second kappa shape index (κ2) is 8.21. The smallest absolute Gasteiger partial charge is 0.0477 e. The van der Waals surface area contributed by atoms with Crippen molar-refractivity contribution in [2.45, 2.75) is 32.7 Å². The summed E-state index contributed by atoms with van der Waals surface area (Å²) in [6.07, 6.45) is 2.18. The van der Waals surface area contributed by atoms with E-state index in [1.807, 2.05) is 0 Å². The predicted molar refractivity (Wildman–Crippen MR) is 61.4 cm³/mol. The van der Waals surface area contributed by atoms with Crippen LogP contribution >= 0.6 is 0 Å². The zero-order chi connectivity index (χ0) is 11.0. The van der Waals surface area contributed by atoms with Crippen LogP contribution in [0.2, 0.25) is 0 Å². The lowest BCUT2D eigenvalue weighted by atomic mass is 10.1. The van der Waals surface area contributed by atoms with E-state index in [1.165, 1.54) is 6.42 Å². The Balaban J connectivity index is 3.54. The summed E-state index contributed by atoms with van der Waals surface area (Å²) in [5, 5.41) is 0. The molecule has 0 aliphatic rings. The maximum absolute atomic E-state index is 5.96. The first-order chi connectivity index (χ1) is 6.60. The zero-order valence-corrected chi connectivity index (χ0v) is 10.1. The Kier molecular flexibility index (Phi) is 8.14. The van der Waals surface area contributed by atoms with E-state index >= 15 is 0 Å². The molecule has 0 saturated heterocycles. The first-order valence-electron chi connectivity index (χ1n) is 5.53. The standard InChI is InChI=1S/C11H26N2O/c1-5-10(2)8-13(3)9-11(12)6-7-14-4/h10-11H,5-9,12H2,1-4H3. The molecule has 0 aromatic carbocycles. The number of ether oxygens (including phenoxy) is 1. The van der Waals surface area contributed by atoms with Crippen LogP contribution < -0.4 is 5.73 Å². The molecule has 0 radical (unpaired) electrons. The van der Waals surface area contributed by atoms with Crippen molar-refractivity contribution in [3.05, 3.63) is 0 Å². The van der Waals surface area contributed by atoms with Gasteiger partial charge in [-0.05, 0) is 19.4 Å². The quantitative estimate of drug-likeness (QED) is 0.645. The number of nitrogens with zero attached hydrogens (tertiary/aromatic N) is 1. The highest BCUT2D eigenvalue weighted by atomic mass is 16.5. The molecular formula is C11H26N2O. The van der Waals surface area contributed by atoms with Gasteiger partial charge in [0.25, 0.3) is 0 Å². The van der Waals surface area contributed by atoms with Gasteiger partial charge in [-0.2, -0.15) is 0 Å². The van der Waals surface area contributed by atoms with Crippen molar-refractivity contribution in [2.75, 3.05) is 33.9 Å². The van der Waals surface area contributed by atoms with Gasteiger partial charge in [-0.15, -0.1) is 0 Å². The van der Waals surface area contributed by atoms with Gasteiger partial charge >= 0.3 is 0 Å². The molecule has 0 heterocycles. The van der Waals surface area contributed by atoms with Gasteiger partial charge in [-0.25, -0.2) is 0 Å². The summed E-state index contributed by atoms with van der Waals surface area (Å²) in [6, 6.07) is 0.240. The normalized spacial score (nSPS) is 15.9. The van der Waals surface area contributed by atoms with Crippen LogP contribution in [0.5, 0.6) is 0 Å². The second-order valence-corrected chi connectivity index (χ2v) is 4.28. The molecule has 0 aromatic heterocycles. The Morgan fingerprint density at radius 1 is 1.36 bits per heavy atom. The average Bonchev–Trinajstić information content (AvgIpc) is 2.14. The molecule has 2 N–H and O–H groups in total. The fourth-order valence-electron chi connectivity index (χ4n) is 1.50. The molecule has 14 heavy (non-hydrogen) atoms. The van der Waals surface area contributed by atoms with Gasteiger partial charge < -0.3 is 15.4 Å². The topological polar surface area (TPSA) is 38.5 Å². The predicted octanol–water partition coefficient (Wildman–Crippen LogP) is 1.33. The van der Waals surface area contributed by atoms with Gasteiger partial charge in [0.05, 0.1) is 0 Å².